The third kappa shape index (κ3) is 4.56. The molecule has 3 rings (SSSR count). The largest absolute Gasteiger partial charge is 0.461 e. The molecular weight excluding hydrogens is 405 g/mol. The van der Waals surface area contributed by atoms with Crippen LogP contribution in [0, 0.1) is 17.3 Å². The molecule has 0 aliphatic heterocycles. The highest BCUT2D eigenvalue weighted by Gasteiger charge is 2.62. The van der Waals surface area contributed by atoms with Gasteiger partial charge in [0.1, 0.15) is 6.61 Å². The van der Waals surface area contributed by atoms with Crippen molar-refractivity contribution < 1.29 is 18.3 Å². The Balaban J connectivity index is 1.65. The van der Waals surface area contributed by atoms with Crippen LogP contribution >= 0.6 is 23.2 Å². The molecule has 0 heterocycles. The second-order valence-corrected chi connectivity index (χ2v) is 8.39. The zero-order chi connectivity index (χ0) is 20.5. The van der Waals surface area contributed by atoms with Crippen molar-refractivity contribution in [2.45, 2.75) is 25.8 Å². The van der Waals surface area contributed by atoms with E-state index < -0.39 is 33.6 Å². The summed E-state index contributed by atoms with van der Waals surface area (Å²) >= 11 is 10.5. The van der Waals surface area contributed by atoms with Crippen LogP contribution in [0.2, 0.25) is 0 Å². The van der Waals surface area contributed by atoms with E-state index in [4.69, 9.17) is 27.9 Å². The van der Waals surface area contributed by atoms with Gasteiger partial charge in [0, 0.05) is 0 Å². The summed E-state index contributed by atoms with van der Waals surface area (Å²) in [4.78, 5) is 12.5. The van der Waals surface area contributed by atoms with Crippen LogP contribution in [0.25, 0.3) is 11.1 Å². The first-order chi connectivity index (χ1) is 13.1. The average Bonchev–Trinajstić information content (AvgIpc) is 3.20. The van der Waals surface area contributed by atoms with E-state index in [1.165, 1.54) is 0 Å². The summed E-state index contributed by atoms with van der Waals surface area (Å²) in [6, 6.07) is 17.6. The Morgan fingerprint density at radius 2 is 1.79 bits per heavy atom. The second kappa shape index (κ2) is 7.84. The van der Waals surface area contributed by atoms with E-state index >= 15 is 0 Å². The van der Waals surface area contributed by atoms with E-state index in [1.807, 2.05) is 68.4 Å². The summed E-state index contributed by atoms with van der Waals surface area (Å²) in [6.07, 6.45) is 1.16. The lowest BCUT2D eigenvalue weighted by molar-refractivity contribution is -0.147. The number of carbonyl (C=O) groups excluding carboxylic acids is 1. The van der Waals surface area contributed by atoms with Crippen molar-refractivity contribution in [2.75, 3.05) is 0 Å². The second-order valence-electron chi connectivity index (χ2n) is 7.51. The lowest BCUT2D eigenvalue weighted by Gasteiger charge is -2.08. The molecule has 2 aromatic carbocycles. The Morgan fingerprint density at radius 1 is 1.14 bits per heavy atom. The number of carbonyl (C=O) groups is 1. The van der Waals surface area contributed by atoms with Gasteiger partial charge < -0.3 is 4.74 Å². The van der Waals surface area contributed by atoms with Crippen LogP contribution in [-0.4, -0.2) is 11.4 Å². The van der Waals surface area contributed by atoms with Crippen molar-refractivity contribution in [3.05, 3.63) is 71.3 Å². The number of hydrogen-bond acceptors (Lipinski definition) is 2. The van der Waals surface area contributed by atoms with Crippen molar-refractivity contribution in [3.8, 4) is 11.1 Å². The summed E-state index contributed by atoms with van der Waals surface area (Å²) in [7, 11) is 0. The van der Waals surface area contributed by atoms with Gasteiger partial charge in [-0.25, -0.2) is 0 Å². The molecule has 1 aliphatic rings. The fraction of sp³-hybridized carbons (Fsp3) is 0.318. The predicted octanol–water partition coefficient (Wildman–Crippen LogP) is 6.62. The molecule has 1 fully saturated rings. The van der Waals surface area contributed by atoms with Gasteiger partial charge >= 0.3 is 11.4 Å². The molecule has 0 bridgehead atoms. The van der Waals surface area contributed by atoms with Gasteiger partial charge in [0.05, 0.1) is 11.0 Å². The van der Waals surface area contributed by atoms with Crippen LogP contribution in [0.1, 0.15) is 19.4 Å². The van der Waals surface area contributed by atoms with Gasteiger partial charge in [-0.15, -0.1) is 0 Å². The third-order valence-electron chi connectivity index (χ3n) is 5.18. The molecule has 1 saturated carbocycles. The first kappa shape index (κ1) is 20.8. The number of esters is 1. The highest BCUT2D eigenvalue weighted by Crippen LogP contribution is 2.60. The Labute approximate surface area is 173 Å². The van der Waals surface area contributed by atoms with E-state index in [9.17, 15) is 13.6 Å². The lowest BCUT2D eigenvalue weighted by atomic mass is 10.0. The first-order valence-electron chi connectivity index (χ1n) is 8.86. The SMILES string of the molecule is CC1(C)[C@H](C(=O)OCc2cccc(-c3ccccc3)c2)[C@@H]1C=C(Cl)C(F)(F)Cl. The maximum atomic E-state index is 13.1. The number of hydrogen-bond donors (Lipinski definition) is 0. The quantitative estimate of drug-likeness (QED) is 0.384. The molecule has 148 valence electrons. The number of halogens is 4. The first-order valence-corrected chi connectivity index (χ1v) is 9.62. The molecule has 0 unspecified atom stereocenters. The van der Waals surface area contributed by atoms with Crippen LogP contribution in [0.4, 0.5) is 8.78 Å². The molecule has 0 aromatic heterocycles. The van der Waals surface area contributed by atoms with Gasteiger partial charge in [-0.1, -0.05) is 80.1 Å². The van der Waals surface area contributed by atoms with Crippen molar-refractivity contribution >= 4 is 29.2 Å². The van der Waals surface area contributed by atoms with Gasteiger partial charge in [0.15, 0.2) is 0 Å². The number of benzene rings is 2. The van der Waals surface area contributed by atoms with Crippen LogP contribution in [0.15, 0.2) is 65.7 Å². The zero-order valence-electron chi connectivity index (χ0n) is 15.5. The summed E-state index contributed by atoms with van der Waals surface area (Å²) in [5.74, 6) is -1.40. The normalized spacial score (nSPS) is 21.3. The fourth-order valence-electron chi connectivity index (χ4n) is 3.41. The maximum absolute atomic E-state index is 13.1. The van der Waals surface area contributed by atoms with Crippen molar-refractivity contribution in [3.63, 3.8) is 0 Å². The summed E-state index contributed by atoms with van der Waals surface area (Å²) in [5, 5.41) is -4.40. The van der Waals surface area contributed by atoms with E-state index in [2.05, 4.69) is 0 Å². The van der Waals surface area contributed by atoms with Gasteiger partial charge in [-0.3, -0.25) is 4.79 Å². The number of rotatable bonds is 6. The van der Waals surface area contributed by atoms with E-state index in [1.54, 1.807) is 0 Å². The van der Waals surface area contributed by atoms with E-state index in [-0.39, 0.29) is 6.61 Å². The van der Waals surface area contributed by atoms with Crippen molar-refractivity contribution in [1.29, 1.82) is 0 Å². The summed E-state index contributed by atoms with van der Waals surface area (Å²) < 4.78 is 31.6. The number of alkyl halides is 3. The van der Waals surface area contributed by atoms with Crippen LogP contribution in [-0.2, 0) is 16.1 Å². The fourth-order valence-corrected chi connectivity index (χ4v) is 3.61. The van der Waals surface area contributed by atoms with E-state index in [0.29, 0.717) is 0 Å². The Kier molecular flexibility index (Phi) is 5.83. The lowest BCUT2D eigenvalue weighted by Crippen LogP contribution is -2.11. The standard InChI is InChI=1S/C22H20Cl2F2O2/c1-21(2)17(12-18(23)22(24,25)26)19(21)20(27)28-13-14-7-6-10-16(11-14)15-8-4-3-5-9-15/h3-12,17,19H,13H2,1-2H3/t17-,19-/m0/s1. The highest BCUT2D eigenvalue weighted by atomic mass is 35.5. The minimum atomic E-state index is -3.63. The molecule has 0 radical (unpaired) electrons. The molecule has 0 saturated heterocycles. The molecule has 0 N–H and O–H groups in total. The molecule has 6 heteroatoms. The van der Waals surface area contributed by atoms with Crippen molar-refractivity contribution in [2.24, 2.45) is 17.3 Å². The van der Waals surface area contributed by atoms with Gasteiger partial charge in [0.2, 0.25) is 0 Å². The summed E-state index contributed by atoms with van der Waals surface area (Å²) in [6.45, 7) is 3.74. The highest BCUT2D eigenvalue weighted by molar-refractivity contribution is 6.38. The smallest absolute Gasteiger partial charge is 0.358 e. The Bertz CT molecular complexity index is 889. The Hall–Kier alpha value is -1.91. The molecule has 2 atom stereocenters. The summed E-state index contributed by atoms with van der Waals surface area (Å²) in [5.41, 5.74) is 2.44. The number of ether oxygens (including phenoxy) is 1. The topological polar surface area (TPSA) is 26.3 Å². The van der Waals surface area contributed by atoms with Gasteiger partial charge in [0.25, 0.3) is 0 Å². The minimum absolute atomic E-state index is 0.113. The third-order valence-corrected chi connectivity index (χ3v) is 5.84. The van der Waals surface area contributed by atoms with Gasteiger partial charge in [-0.2, -0.15) is 8.78 Å². The molecule has 2 aromatic rings. The average molecular weight is 425 g/mol. The molecular formula is C22H20Cl2F2O2. The van der Waals surface area contributed by atoms with Crippen LogP contribution in [0.3, 0.4) is 0 Å². The molecule has 0 spiro atoms. The van der Waals surface area contributed by atoms with E-state index in [0.717, 1.165) is 22.8 Å². The van der Waals surface area contributed by atoms with Gasteiger partial charge in [-0.05, 0) is 45.7 Å². The van der Waals surface area contributed by atoms with Crippen molar-refractivity contribution in [1.82, 2.24) is 0 Å². The molecule has 2 nitrogen and oxygen atoms in total. The van der Waals surface area contributed by atoms with Crippen LogP contribution in [0.5, 0.6) is 0 Å². The number of allylic oxidation sites excluding steroid dienone is 2. The maximum Gasteiger partial charge on any atom is 0.358 e. The monoisotopic (exact) mass is 424 g/mol. The predicted molar refractivity (Wildman–Crippen MR) is 107 cm³/mol. The molecule has 1 aliphatic carbocycles. The molecule has 0 amide bonds. The minimum Gasteiger partial charge on any atom is -0.461 e. The Morgan fingerprint density at radius 3 is 2.43 bits per heavy atom. The molecule has 28 heavy (non-hydrogen) atoms. The zero-order valence-corrected chi connectivity index (χ0v) is 17.0. The van der Waals surface area contributed by atoms with Crippen LogP contribution < -0.4 is 0 Å².